The Morgan fingerprint density at radius 1 is 0.684 bits per heavy atom. The number of carbonyl (C=O) groups is 3. The second kappa shape index (κ2) is 13.2. The first-order valence-electron chi connectivity index (χ1n) is 12.2. The minimum absolute atomic E-state index is 0.264. The Kier molecular flexibility index (Phi) is 9.53. The van der Waals surface area contributed by atoms with E-state index in [0.717, 1.165) is 0 Å². The third-order valence-corrected chi connectivity index (χ3v) is 6.90. The molecule has 1 aliphatic heterocycles. The fourth-order valence-electron chi connectivity index (χ4n) is 4.02. The maximum atomic E-state index is 13.2. The molecule has 1 aliphatic rings. The molecule has 3 aromatic rings. The summed E-state index contributed by atoms with van der Waals surface area (Å²) in [5.41, 5.74) is 0.0220. The van der Waals surface area contributed by atoms with Crippen molar-refractivity contribution >= 4 is 29.7 Å². The molecular weight excluding hydrogens is 508 g/mol. The van der Waals surface area contributed by atoms with Gasteiger partial charge in [0.2, 0.25) is 0 Å². The Bertz CT molecular complexity index is 1210. The molecule has 1 saturated heterocycles. The van der Waals surface area contributed by atoms with Crippen molar-refractivity contribution in [3.05, 3.63) is 108 Å². The number of aliphatic hydroxyl groups excluding tert-OH is 1. The summed E-state index contributed by atoms with van der Waals surface area (Å²) in [6.07, 6.45) is -4.70. The maximum absolute atomic E-state index is 13.2. The first-order chi connectivity index (χ1) is 18.5. The van der Waals surface area contributed by atoms with Gasteiger partial charge in [-0.1, -0.05) is 61.5 Å². The van der Waals surface area contributed by atoms with Gasteiger partial charge >= 0.3 is 17.9 Å². The van der Waals surface area contributed by atoms with Crippen LogP contribution >= 0.6 is 11.8 Å². The van der Waals surface area contributed by atoms with E-state index in [4.69, 9.17) is 18.9 Å². The summed E-state index contributed by atoms with van der Waals surface area (Å²) >= 11 is 1.32. The highest BCUT2D eigenvalue weighted by atomic mass is 32.2. The average Bonchev–Trinajstić information content (AvgIpc) is 2.97. The van der Waals surface area contributed by atoms with E-state index >= 15 is 0 Å². The predicted octanol–water partition coefficient (Wildman–Crippen LogP) is 4.13. The second-order valence-corrected chi connectivity index (χ2v) is 9.76. The van der Waals surface area contributed by atoms with Crippen LogP contribution in [0.4, 0.5) is 0 Å². The highest BCUT2D eigenvalue weighted by Gasteiger charge is 2.52. The van der Waals surface area contributed by atoms with Crippen molar-refractivity contribution < 1.29 is 38.4 Å². The molecule has 1 N–H and O–H groups in total. The van der Waals surface area contributed by atoms with Crippen molar-refractivity contribution in [1.82, 2.24) is 0 Å². The molecule has 0 bridgehead atoms. The van der Waals surface area contributed by atoms with Crippen molar-refractivity contribution in [1.29, 1.82) is 0 Å². The second-order valence-electron chi connectivity index (χ2n) is 8.39. The number of carbonyl (C=O) groups excluding carboxylic acids is 3. The zero-order valence-corrected chi connectivity index (χ0v) is 21.5. The van der Waals surface area contributed by atoms with Crippen LogP contribution in [0.25, 0.3) is 0 Å². The third-order valence-electron chi connectivity index (χ3n) is 5.86. The van der Waals surface area contributed by atoms with Gasteiger partial charge in [-0.3, -0.25) is 0 Å². The topological polar surface area (TPSA) is 108 Å². The van der Waals surface area contributed by atoms with Crippen LogP contribution in [-0.4, -0.2) is 65.2 Å². The van der Waals surface area contributed by atoms with E-state index in [1.54, 1.807) is 91.0 Å². The summed E-state index contributed by atoms with van der Waals surface area (Å²) in [7, 11) is 0. The minimum Gasteiger partial charge on any atom is -0.452 e. The molecule has 1 heterocycles. The van der Waals surface area contributed by atoms with Gasteiger partial charge in [0.05, 0.1) is 23.3 Å². The van der Waals surface area contributed by atoms with Gasteiger partial charge in [0.15, 0.2) is 18.3 Å². The molecule has 0 unspecified atom stereocenters. The molecule has 0 radical (unpaired) electrons. The summed E-state index contributed by atoms with van der Waals surface area (Å²) in [4.78, 5) is 39.3. The Morgan fingerprint density at radius 2 is 1.08 bits per heavy atom. The van der Waals surface area contributed by atoms with Crippen molar-refractivity contribution in [2.45, 2.75) is 36.8 Å². The van der Waals surface area contributed by atoms with E-state index in [1.165, 1.54) is 11.8 Å². The van der Waals surface area contributed by atoms with Crippen LogP contribution in [0.5, 0.6) is 0 Å². The number of benzene rings is 3. The molecule has 1 fully saturated rings. The lowest BCUT2D eigenvalue weighted by Gasteiger charge is -2.44. The zero-order chi connectivity index (χ0) is 26.9. The first kappa shape index (κ1) is 27.4. The quantitative estimate of drug-likeness (QED) is 0.319. The van der Waals surface area contributed by atoms with Crippen molar-refractivity contribution in [3.63, 3.8) is 0 Å². The molecule has 0 amide bonds. The lowest BCUT2D eigenvalue weighted by molar-refractivity contribution is -0.207. The largest absolute Gasteiger partial charge is 0.452 e. The normalized spacial score (nSPS) is 22.7. The molecule has 0 spiro atoms. The van der Waals surface area contributed by atoms with Crippen LogP contribution in [0.3, 0.4) is 0 Å². The van der Waals surface area contributed by atoms with Gasteiger partial charge in [0.1, 0.15) is 11.5 Å². The molecule has 4 rings (SSSR count). The van der Waals surface area contributed by atoms with Crippen molar-refractivity contribution in [3.8, 4) is 0 Å². The van der Waals surface area contributed by atoms with E-state index in [9.17, 15) is 19.5 Å². The smallest absolute Gasteiger partial charge is 0.338 e. The summed E-state index contributed by atoms with van der Waals surface area (Å²) < 4.78 is 23.6. The van der Waals surface area contributed by atoms with Crippen molar-refractivity contribution in [2.24, 2.45) is 0 Å². The van der Waals surface area contributed by atoms with E-state index in [-0.39, 0.29) is 11.1 Å². The number of esters is 3. The van der Waals surface area contributed by atoms with E-state index in [1.807, 2.05) is 6.92 Å². The van der Waals surface area contributed by atoms with Crippen LogP contribution in [0, 0.1) is 0 Å². The standard InChI is InChI=1S/C29H28O8S/c1-2-38-29-25(37-28(33)21-16-10-5-11-17-21)24(36-27(32)20-14-8-4-9-15-20)23(22(18-30)34-29)35-26(31)19-12-6-3-7-13-19/h3-17,22-25,29-30H,2,18H2,1H3/t22-,23-,24+,25+,29-/m1/s1. The lowest BCUT2D eigenvalue weighted by Crippen LogP contribution is -2.61. The first-order valence-corrected chi connectivity index (χ1v) is 13.2. The summed E-state index contributed by atoms with van der Waals surface area (Å²) in [5.74, 6) is -1.47. The Morgan fingerprint density at radius 3 is 1.47 bits per heavy atom. The molecule has 3 aromatic carbocycles. The van der Waals surface area contributed by atoms with E-state index < -0.39 is 54.4 Å². The monoisotopic (exact) mass is 536 g/mol. The molecule has 0 saturated carbocycles. The van der Waals surface area contributed by atoms with Gasteiger partial charge in [-0.05, 0) is 42.2 Å². The number of aliphatic hydroxyl groups is 1. The van der Waals surface area contributed by atoms with Gasteiger partial charge in [-0.25, -0.2) is 14.4 Å². The van der Waals surface area contributed by atoms with Crippen LogP contribution in [0.2, 0.25) is 0 Å². The summed E-state index contributed by atoms with van der Waals surface area (Å²) in [5, 5.41) is 10.2. The highest BCUT2D eigenvalue weighted by Crippen LogP contribution is 2.35. The number of hydrogen-bond donors (Lipinski definition) is 1. The number of thioether (sulfide) groups is 1. The van der Waals surface area contributed by atoms with Gasteiger partial charge in [0.25, 0.3) is 0 Å². The van der Waals surface area contributed by atoms with Gasteiger partial charge in [0, 0.05) is 0 Å². The van der Waals surface area contributed by atoms with E-state index in [0.29, 0.717) is 11.3 Å². The lowest BCUT2D eigenvalue weighted by atomic mass is 9.98. The van der Waals surface area contributed by atoms with Crippen LogP contribution in [0.15, 0.2) is 91.0 Å². The molecule has 8 nitrogen and oxygen atoms in total. The third kappa shape index (κ3) is 6.61. The fraction of sp³-hybridized carbons (Fsp3) is 0.276. The Labute approximate surface area is 224 Å². The number of rotatable bonds is 9. The van der Waals surface area contributed by atoms with Gasteiger partial charge in [-0.2, -0.15) is 0 Å². The minimum atomic E-state index is -1.27. The summed E-state index contributed by atoms with van der Waals surface area (Å²) in [6, 6.07) is 24.9. The summed E-state index contributed by atoms with van der Waals surface area (Å²) in [6.45, 7) is 1.37. The predicted molar refractivity (Wildman–Crippen MR) is 141 cm³/mol. The zero-order valence-electron chi connectivity index (χ0n) is 20.7. The molecule has 38 heavy (non-hydrogen) atoms. The van der Waals surface area contributed by atoms with Gasteiger partial charge < -0.3 is 24.1 Å². The number of hydrogen-bond acceptors (Lipinski definition) is 9. The Balaban J connectivity index is 1.70. The van der Waals surface area contributed by atoms with Gasteiger partial charge in [-0.15, -0.1) is 11.8 Å². The maximum Gasteiger partial charge on any atom is 0.338 e. The van der Waals surface area contributed by atoms with E-state index in [2.05, 4.69) is 0 Å². The van der Waals surface area contributed by atoms with Crippen LogP contribution in [0.1, 0.15) is 38.0 Å². The molecule has 0 aliphatic carbocycles. The number of ether oxygens (including phenoxy) is 4. The fourth-order valence-corrected chi connectivity index (χ4v) is 4.97. The molecule has 0 aromatic heterocycles. The molecular formula is C29H28O8S. The molecule has 9 heteroatoms. The Hall–Kier alpha value is -3.66. The SMILES string of the molecule is CCS[C@H]1O[C@H](CO)[C@@H](OC(=O)c2ccccc2)[C@H](OC(=O)c2ccccc2)[C@@H]1OC(=O)c1ccccc1. The highest BCUT2D eigenvalue weighted by molar-refractivity contribution is 7.99. The molecule has 198 valence electrons. The average molecular weight is 537 g/mol. The van der Waals surface area contributed by atoms with Crippen LogP contribution in [-0.2, 0) is 18.9 Å². The van der Waals surface area contributed by atoms with Crippen molar-refractivity contribution in [2.75, 3.05) is 12.4 Å². The van der Waals surface area contributed by atoms with Crippen LogP contribution < -0.4 is 0 Å². The molecule has 5 atom stereocenters.